The summed E-state index contributed by atoms with van der Waals surface area (Å²) in [6.07, 6.45) is 0.826. The predicted octanol–water partition coefficient (Wildman–Crippen LogP) is 2.89. The molecular weight excluding hydrogens is 265 g/mol. The Kier molecular flexibility index (Phi) is 4.00. The fraction of sp³-hybridized carbons (Fsp3) is 0.364. The zero-order chi connectivity index (χ0) is 11.5. The highest BCUT2D eigenvalue weighted by molar-refractivity contribution is 8.00. The molecule has 2 nitrogen and oxygen atoms in total. The molecule has 0 N–H and O–H groups in total. The lowest BCUT2D eigenvalue weighted by Gasteiger charge is -2.13. The number of halogens is 2. The Bertz CT molecular complexity index is 374. The summed E-state index contributed by atoms with van der Waals surface area (Å²) in [6, 6.07) is 10.0. The Balaban J connectivity index is 1.90. The van der Waals surface area contributed by atoms with Crippen molar-refractivity contribution >= 4 is 41.1 Å². The van der Waals surface area contributed by atoms with Crippen LogP contribution in [0.1, 0.15) is 5.56 Å². The van der Waals surface area contributed by atoms with Crippen LogP contribution in [0.3, 0.4) is 0 Å². The van der Waals surface area contributed by atoms with Crippen molar-refractivity contribution in [2.24, 2.45) is 0 Å². The molecular formula is C11H11Cl2NOS. The molecule has 1 aromatic carbocycles. The van der Waals surface area contributed by atoms with E-state index in [1.54, 1.807) is 4.31 Å². The van der Waals surface area contributed by atoms with Crippen molar-refractivity contribution in [1.82, 2.24) is 4.31 Å². The first-order chi connectivity index (χ1) is 7.68. The summed E-state index contributed by atoms with van der Waals surface area (Å²) >= 11 is 13.1. The van der Waals surface area contributed by atoms with Crippen molar-refractivity contribution in [2.75, 3.05) is 6.54 Å². The van der Waals surface area contributed by atoms with Crippen LogP contribution in [-0.4, -0.2) is 26.8 Å². The van der Waals surface area contributed by atoms with Gasteiger partial charge in [-0.2, -0.15) is 0 Å². The predicted molar refractivity (Wildman–Crippen MR) is 68.7 cm³/mol. The van der Waals surface area contributed by atoms with Crippen molar-refractivity contribution in [2.45, 2.75) is 16.5 Å². The van der Waals surface area contributed by atoms with Gasteiger partial charge in [-0.1, -0.05) is 30.3 Å². The third kappa shape index (κ3) is 2.65. The van der Waals surface area contributed by atoms with Crippen LogP contribution in [0.4, 0.5) is 0 Å². The third-order valence-corrected chi connectivity index (χ3v) is 4.68. The van der Waals surface area contributed by atoms with Gasteiger partial charge in [0.2, 0.25) is 0 Å². The molecule has 0 aliphatic carbocycles. The van der Waals surface area contributed by atoms with Crippen LogP contribution in [0.15, 0.2) is 30.3 Å². The lowest BCUT2D eigenvalue weighted by atomic mass is 10.1. The largest absolute Gasteiger partial charge is 0.283 e. The number of benzene rings is 1. The van der Waals surface area contributed by atoms with Crippen molar-refractivity contribution in [3.63, 3.8) is 0 Å². The quantitative estimate of drug-likeness (QED) is 0.625. The summed E-state index contributed by atoms with van der Waals surface area (Å²) in [5.41, 5.74) is 1.21. The fourth-order valence-corrected chi connectivity index (χ4v) is 3.11. The summed E-state index contributed by atoms with van der Waals surface area (Å²) in [5, 5.41) is -0.595. The topological polar surface area (TPSA) is 20.3 Å². The van der Waals surface area contributed by atoms with Gasteiger partial charge in [0.05, 0.1) is 0 Å². The lowest BCUT2D eigenvalue weighted by Crippen LogP contribution is -2.26. The van der Waals surface area contributed by atoms with Crippen LogP contribution < -0.4 is 0 Å². The molecule has 0 aromatic heterocycles. The fourth-order valence-electron chi connectivity index (χ4n) is 1.51. The number of carbonyl (C=O) groups is 1. The Morgan fingerprint density at radius 1 is 1.25 bits per heavy atom. The van der Waals surface area contributed by atoms with Crippen molar-refractivity contribution in [1.29, 1.82) is 0 Å². The summed E-state index contributed by atoms with van der Waals surface area (Å²) in [7, 11) is 0. The van der Waals surface area contributed by atoms with E-state index in [0.717, 1.165) is 6.42 Å². The van der Waals surface area contributed by atoms with Crippen LogP contribution in [0.25, 0.3) is 0 Å². The van der Waals surface area contributed by atoms with Gasteiger partial charge >= 0.3 is 0 Å². The molecule has 86 valence electrons. The monoisotopic (exact) mass is 275 g/mol. The molecule has 0 radical (unpaired) electrons. The highest BCUT2D eigenvalue weighted by Gasteiger charge is 2.38. The van der Waals surface area contributed by atoms with Crippen LogP contribution in [0, 0.1) is 0 Å². The Labute approximate surface area is 109 Å². The molecule has 1 saturated heterocycles. The number of rotatable bonds is 3. The average molecular weight is 276 g/mol. The summed E-state index contributed by atoms with van der Waals surface area (Å²) in [6.45, 7) is 0.653. The maximum absolute atomic E-state index is 11.6. The second kappa shape index (κ2) is 5.30. The van der Waals surface area contributed by atoms with Gasteiger partial charge in [0.15, 0.2) is 0 Å². The van der Waals surface area contributed by atoms with Crippen molar-refractivity contribution in [3.05, 3.63) is 35.9 Å². The highest BCUT2D eigenvalue weighted by atomic mass is 35.5. The SMILES string of the molecule is O=C1C(Cl)C(Cl)SN1CCc1ccccc1. The normalized spacial score (nSPS) is 25.1. The maximum Gasteiger partial charge on any atom is 0.253 e. The van der Waals surface area contributed by atoms with E-state index in [0.29, 0.717) is 6.54 Å². The second-order valence-corrected chi connectivity index (χ2v) is 5.89. The zero-order valence-corrected chi connectivity index (χ0v) is 10.8. The van der Waals surface area contributed by atoms with E-state index in [1.807, 2.05) is 30.3 Å². The van der Waals surface area contributed by atoms with E-state index in [4.69, 9.17) is 23.2 Å². The number of amides is 1. The van der Waals surface area contributed by atoms with Gasteiger partial charge < -0.3 is 0 Å². The van der Waals surface area contributed by atoms with E-state index < -0.39 is 5.38 Å². The molecule has 1 aromatic rings. The molecule has 1 aliphatic rings. The van der Waals surface area contributed by atoms with Gasteiger partial charge in [0.25, 0.3) is 5.91 Å². The van der Waals surface area contributed by atoms with Gasteiger partial charge in [-0.15, -0.1) is 23.2 Å². The first-order valence-corrected chi connectivity index (χ1v) is 6.69. The van der Waals surface area contributed by atoms with E-state index in [2.05, 4.69) is 0 Å². The molecule has 1 fully saturated rings. The third-order valence-electron chi connectivity index (χ3n) is 2.39. The minimum atomic E-state index is -0.595. The minimum Gasteiger partial charge on any atom is -0.283 e. The van der Waals surface area contributed by atoms with Crippen molar-refractivity contribution < 1.29 is 4.79 Å². The van der Waals surface area contributed by atoms with Crippen molar-refractivity contribution in [3.8, 4) is 0 Å². The molecule has 16 heavy (non-hydrogen) atoms. The zero-order valence-electron chi connectivity index (χ0n) is 8.48. The minimum absolute atomic E-state index is 0.0809. The molecule has 5 heteroatoms. The highest BCUT2D eigenvalue weighted by Crippen LogP contribution is 2.35. The molecule has 2 atom stereocenters. The number of alkyl halides is 2. The standard InChI is InChI=1S/C11H11Cl2NOS/c12-9-10(13)16-14(11(9)15)7-6-8-4-2-1-3-5-8/h1-5,9-10H,6-7H2. The summed E-state index contributed by atoms with van der Waals surface area (Å²) in [5.74, 6) is -0.0809. The molecule has 0 spiro atoms. The first-order valence-electron chi connectivity index (χ1n) is 4.98. The average Bonchev–Trinajstić information content (AvgIpc) is 2.56. The first kappa shape index (κ1) is 12.1. The number of carbonyl (C=O) groups excluding carboxylic acids is 1. The molecule has 2 rings (SSSR count). The van der Waals surface area contributed by atoms with E-state index in [9.17, 15) is 4.79 Å². The molecule has 1 amide bonds. The van der Waals surface area contributed by atoms with E-state index >= 15 is 0 Å². The lowest BCUT2D eigenvalue weighted by molar-refractivity contribution is -0.124. The van der Waals surface area contributed by atoms with Crippen LogP contribution in [-0.2, 0) is 11.2 Å². The summed E-state index contributed by atoms with van der Waals surface area (Å²) < 4.78 is 1.31. The Morgan fingerprint density at radius 2 is 1.94 bits per heavy atom. The molecule has 0 bridgehead atoms. The Morgan fingerprint density at radius 3 is 2.50 bits per heavy atom. The Hall–Kier alpha value is -0.380. The van der Waals surface area contributed by atoms with Crippen LogP contribution in [0.5, 0.6) is 0 Å². The molecule has 1 heterocycles. The summed E-state index contributed by atoms with van der Waals surface area (Å²) in [4.78, 5) is 11.6. The molecule has 0 saturated carbocycles. The smallest absolute Gasteiger partial charge is 0.253 e. The molecule has 2 unspecified atom stereocenters. The van der Waals surface area contributed by atoms with Crippen LogP contribution >= 0.6 is 35.1 Å². The van der Waals surface area contributed by atoms with Gasteiger partial charge in [-0.25, -0.2) is 0 Å². The number of hydrogen-bond donors (Lipinski definition) is 0. The van der Waals surface area contributed by atoms with Gasteiger partial charge in [-0.3, -0.25) is 9.10 Å². The van der Waals surface area contributed by atoms with Gasteiger partial charge in [0, 0.05) is 6.54 Å². The van der Waals surface area contributed by atoms with Crippen LogP contribution in [0.2, 0.25) is 0 Å². The van der Waals surface area contributed by atoms with Gasteiger partial charge in [0.1, 0.15) is 10.1 Å². The maximum atomic E-state index is 11.6. The number of nitrogens with zero attached hydrogens (tertiary/aromatic N) is 1. The second-order valence-electron chi connectivity index (χ2n) is 3.53. The number of hydrogen-bond acceptors (Lipinski definition) is 2. The molecule has 1 aliphatic heterocycles. The van der Waals surface area contributed by atoms with E-state index in [1.165, 1.54) is 17.5 Å². The van der Waals surface area contributed by atoms with E-state index in [-0.39, 0.29) is 10.6 Å². The van der Waals surface area contributed by atoms with Gasteiger partial charge in [-0.05, 0) is 23.9 Å².